The van der Waals surface area contributed by atoms with Crippen LogP contribution in [0, 0.1) is 0 Å². The van der Waals surface area contributed by atoms with Gasteiger partial charge in [0.2, 0.25) is 0 Å². The van der Waals surface area contributed by atoms with Crippen molar-refractivity contribution in [3.8, 4) is 0 Å². The molecule has 0 aromatic rings. The molecule has 0 saturated carbocycles. The van der Waals surface area contributed by atoms with Crippen molar-refractivity contribution in [3.63, 3.8) is 0 Å². The van der Waals surface area contributed by atoms with Gasteiger partial charge in [-0.25, -0.2) is 0 Å². The molecule has 0 heterocycles. The van der Waals surface area contributed by atoms with Crippen molar-refractivity contribution in [2.75, 3.05) is 20.2 Å². The highest BCUT2D eigenvalue weighted by Gasteiger charge is 2.26. The Labute approximate surface area is 125 Å². The van der Waals surface area contributed by atoms with Gasteiger partial charge in [0.25, 0.3) is 0 Å². The first-order chi connectivity index (χ1) is 8.92. The molecule has 0 aromatic heterocycles. The molecule has 19 heavy (non-hydrogen) atoms. The van der Waals surface area contributed by atoms with E-state index in [2.05, 4.69) is 0 Å². The molecule has 108 valence electrons. The summed E-state index contributed by atoms with van der Waals surface area (Å²) in [7, 11) is 1.33. The normalized spacial score (nSPS) is 12.0. The molecule has 0 aromatic carbocycles. The second kappa shape index (κ2) is 10.1. The molecule has 0 fully saturated rings. The van der Waals surface area contributed by atoms with E-state index in [1.54, 1.807) is 0 Å². The van der Waals surface area contributed by atoms with Crippen molar-refractivity contribution in [3.05, 3.63) is 0 Å². The second-order valence-electron chi connectivity index (χ2n) is 4.38. The van der Waals surface area contributed by atoms with E-state index in [-0.39, 0.29) is 6.42 Å². The van der Waals surface area contributed by atoms with Crippen LogP contribution in [0.15, 0.2) is 0 Å². The molecule has 0 bridgehead atoms. The topological polar surface area (TPSA) is 46.6 Å². The third-order valence-corrected chi connectivity index (χ3v) is 3.14. The summed E-state index contributed by atoms with van der Waals surface area (Å²) in [6, 6.07) is -0.550. The minimum atomic E-state index is -0.550. The van der Waals surface area contributed by atoms with Gasteiger partial charge in [0, 0.05) is 19.5 Å². The number of methoxy groups -OCH3 is 1. The molecule has 4 nitrogen and oxygen atoms in total. The average molecular weight is 303 g/mol. The zero-order valence-electron chi connectivity index (χ0n) is 11.7. The smallest absolute Gasteiger partial charge is 0.323 e. The standard InChI is InChI=1S/C13H21NO3S2/c1-10(18)4-7-14(8-5-11(2)19)12(6-9-15)13(16)17-3/h9,12H,4-8H2,1-3H3. The molecule has 0 radical (unpaired) electrons. The minimum absolute atomic E-state index is 0.125. The maximum absolute atomic E-state index is 11.7. The van der Waals surface area contributed by atoms with E-state index in [4.69, 9.17) is 29.2 Å². The fourth-order valence-corrected chi connectivity index (χ4v) is 1.83. The molecule has 0 saturated heterocycles. The first-order valence-corrected chi connectivity index (χ1v) is 6.98. The van der Waals surface area contributed by atoms with E-state index in [0.29, 0.717) is 25.9 Å². The van der Waals surface area contributed by atoms with Gasteiger partial charge >= 0.3 is 5.97 Å². The van der Waals surface area contributed by atoms with Crippen LogP contribution < -0.4 is 0 Å². The Morgan fingerprint density at radius 1 is 1.21 bits per heavy atom. The van der Waals surface area contributed by atoms with Crippen molar-refractivity contribution in [1.82, 2.24) is 4.90 Å². The number of hydrogen-bond donors (Lipinski definition) is 0. The average Bonchev–Trinajstić information content (AvgIpc) is 2.35. The summed E-state index contributed by atoms with van der Waals surface area (Å²) in [5.41, 5.74) is 0. The SMILES string of the molecule is COC(=O)C(CC=O)N(CCC(C)=S)CCC(C)=S. The van der Waals surface area contributed by atoms with Crippen molar-refractivity contribution < 1.29 is 14.3 Å². The highest BCUT2D eigenvalue weighted by Crippen LogP contribution is 2.09. The number of aldehydes is 1. The highest BCUT2D eigenvalue weighted by molar-refractivity contribution is 7.80. The van der Waals surface area contributed by atoms with Crippen molar-refractivity contribution in [2.24, 2.45) is 0 Å². The van der Waals surface area contributed by atoms with Crippen LogP contribution in [0.1, 0.15) is 33.1 Å². The maximum Gasteiger partial charge on any atom is 0.323 e. The lowest BCUT2D eigenvalue weighted by Gasteiger charge is -2.28. The van der Waals surface area contributed by atoms with E-state index in [1.807, 2.05) is 18.7 Å². The van der Waals surface area contributed by atoms with Crippen LogP contribution in [0.4, 0.5) is 0 Å². The van der Waals surface area contributed by atoms with E-state index in [0.717, 1.165) is 16.0 Å². The predicted octanol–water partition coefficient (Wildman–Crippen LogP) is 1.98. The maximum atomic E-state index is 11.7. The monoisotopic (exact) mass is 303 g/mol. The lowest BCUT2D eigenvalue weighted by Crippen LogP contribution is -2.44. The zero-order valence-corrected chi connectivity index (χ0v) is 13.3. The number of hydrogen-bond acceptors (Lipinski definition) is 6. The first-order valence-electron chi connectivity index (χ1n) is 6.16. The van der Waals surface area contributed by atoms with Gasteiger partial charge in [-0.15, -0.1) is 0 Å². The fourth-order valence-electron chi connectivity index (χ4n) is 1.65. The van der Waals surface area contributed by atoms with E-state index in [1.165, 1.54) is 7.11 Å². The molecule has 1 atom stereocenters. The van der Waals surface area contributed by atoms with Gasteiger partial charge < -0.3 is 9.53 Å². The molecular formula is C13H21NO3S2. The number of rotatable bonds is 10. The van der Waals surface area contributed by atoms with Crippen LogP contribution in [0.3, 0.4) is 0 Å². The Balaban J connectivity index is 4.79. The Kier molecular flexibility index (Phi) is 9.73. The minimum Gasteiger partial charge on any atom is -0.468 e. The molecule has 0 aliphatic heterocycles. The summed E-state index contributed by atoms with van der Waals surface area (Å²) < 4.78 is 4.75. The van der Waals surface area contributed by atoms with E-state index < -0.39 is 12.0 Å². The van der Waals surface area contributed by atoms with Gasteiger partial charge in [-0.3, -0.25) is 9.69 Å². The summed E-state index contributed by atoms with van der Waals surface area (Å²) in [6.45, 7) is 4.99. The quantitative estimate of drug-likeness (QED) is 0.349. The second-order valence-corrected chi connectivity index (χ2v) is 5.78. The van der Waals surface area contributed by atoms with Crippen LogP contribution in [-0.2, 0) is 14.3 Å². The van der Waals surface area contributed by atoms with Crippen LogP contribution >= 0.6 is 24.4 Å². The van der Waals surface area contributed by atoms with Crippen LogP contribution in [0.5, 0.6) is 0 Å². The molecule has 0 amide bonds. The number of ether oxygens (including phenoxy) is 1. The van der Waals surface area contributed by atoms with Gasteiger partial charge in [-0.1, -0.05) is 24.4 Å². The molecule has 0 aliphatic rings. The molecular weight excluding hydrogens is 282 g/mol. The summed E-state index contributed by atoms with van der Waals surface area (Å²) in [5, 5.41) is 0. The van der Waals surface area contributed by atoms with Gasteiger partial charge in [0.05, 0.1) is 7.11 Å². The number of thiocarbonyl (C=S) groups is 2. The highest BCUT2D eigenvalue weighted by atomic mass is 32.1. The molecule has 0 N–H and O–H groups in total. The number of esters is 1. The van der Waals surface area contributed by atoms with Gasteiger partial charge in [0.15, 0.2) is 0 Å². The van der Waals surface area contributed by atoms with Gasteiger partial charge in [-0.05, 0) is 36.4 Å². The van der Waals surface area contributed by atoms with Crippen molar-refractivity contribution in [1.29, 1.82) is 0 Å². The Morgan fingerprint density at radius 2 is 1.68 bits per heavy atom. The summed E-state index contributed by atoms with van der Waals surface area (Å²) >= 11 is 10.1. The van der Waals surface area contributed by atoms with Gasteiger partial charge in [-0.2, -0.15) is 0 Å². The molecule has 0 spiro atoms. The lowest BCUT2D eigenvalue weighted by atomic mass is 10.1. The van der Waals surface area contributed by atoms with Crippen LogP contribution in [-0.4, -0.2) is 53.1 Å². The van der Waals surface area contributed by atoms with Crippen LogP contribution in [0.25, 0.3) is 0 Å². The predicted molar refractivity (Wildman–Crippen MR) is 83.8 cm³/mol. The number of carbonyl (C=O) groups excluding carboxylic acids is 2. The molecule has 0 rings (SSSR count). The Morgan fingerprint density at radius 3 is 2.00 bits per heavy atom. The number of carbonyl (C=O) groups is 2. The van der Waals surface area contributed by atoms with Crippen molar-refractivity contribution >= 4 is 46.4 Å². The summed E-state index contributed by atoms with van der Waals surface area (Å²) in [6.07, 6.45) is 2.28. The molecule has 6 heteroatoms. The largest absolute Gasteiger partial charge is 0.468 e. The third kappa shape index (κ3) is 8.13. The van der Waals surface area contributed by atoms with Gasteiger partial charge in [0.1, 0.15) is 12.3 Å². The fraction of sp³-hybridized carbons (Fsp3) is 0.692. The summed E-state index contributed by atoms with van der Waals surface area (Å²) in [5.74, 6) is -0.392. The number of nitrogens with zero attached hydrogens (tertiary/aromatic N) is 1. The van der Waals surface area contributed by atoms with Crippen LogP contribution in [0.2, 0.25) is 0 Å². The lowest BCUT2D eigenvalue weighted by molar-refractivity contribution is -0.148. The first kappa shape index (κ1) is 18.3. The van der Waals surface area contributed by atoms with E-state index in [9.17, 15) is 9.59 Å². The molecule has 1 unspecified atom stereocenters. The molecule has 0 aliphatic carbocycles. The summed E-state index contributed by atoms with van der Waals surface area (Å²) in [4.78, 5) is 26.1. The Hall–Kier alpha value is -0.720. The zero-order chi connectivity index (χ0) is 14.8. The third-order valence-electron chi connectivity index (χ3n) is 2.74. The van der Waals surface area contributed by atoms with Crippen molar-refractivity contribution in [2.45, 2.75) is 39.2 Å². The van der Waals surface area contributed by atoms with E-state index >= 15 is 0 Å². The Bertz CT molecular complexity index is 327.